The van der Waals surface area contributed by atoms with Crippen molar-refractivity contribution in [1.82, 2.24) is 19.8 Å². The lowest BCUT2D eigenvalue weighted by Gasteiger charge is -2.32. The van der Waals surface area contributed by atoms with Crippen molar-refractivity contribution in [3.05, 3.63) is 57.9 Å². The summed E-state index contributed by atoms with van der Waals surface area (Å²) in [6.07, 6.45) is 5.29. The summed E-state index contributed by atoms with van der Waals surface area (Å²) in [4.78, 5) is 38.8. The Balaban J connectivity index is 1.50. The number of fused-ring (bicyclic) bond motifs is 1. The number of ether oxygens (including phenoxy) is 1. The van der Waals surface area contributed by atoms with Gasteiger partial charge in [-0.3, -0.25) is 4.79 Å². The predicted octanol–water partition coefficient (Wildman–Crippen LogP) is 4.30. The molecule has 9 heteroatoms. The number of thiazole rings is 1. The summed E-state index contributed by atoms with van der Waals surface area (Å²) in [6.45, 7) is 9.25. The molecule has 1 fully saturated rings. The Hall–Kier alpha value is -3.27. The number of anilines is 1. The lowest BCUT2D eigenvalue weighted by atomic mass is 9.97. The van der Waals surface area contributed by atoms with E-state index in [4.69, 9.17) is 4.74 Å². The molecule has 0 spiro atoms. The van der Waals surface area contributed by atoms with Gasteiger partial charge in [-0.05, 0) is 58.0 Å². The smallest absolute Gasteiger partial charge is 0.340 e. The summed E-state index contributed by atoms with van der Waals surface area (Å²) in [6, 6.07) is 5.83. The number of H-pyrrole nitrogens is 1. The molecular weight excluding hydrogens is 486 g/mol. The second-order valence-electron chi connectivity index (χ2n) is 9.56. The van der Waals surface area contributed by atoms with Gasteiger partial charge in [0.25, 0.3) is 5.91 Å². The number of piperazine rings is 1. The van der Waals surface area contributed by atoms with Crippen molar-refractivity contribution in [3.8, 4) is 10.6 Å². The van der Waals surface area contributed by atoms with Gasteiger partial charge in [0.2, 0.25) is 0 Å². The van der Waals surface area contributed by atoms with Crippen LogP contribution in [0.1, 0.15) is 46.2 Å². The third-order valence-electron chi connectivity index (χ3n) is 7.08. The van der Waals surface area contributed by atoms with E-state index in [-0.39, 0.29) is 11.9 Å². The number of benzene rings is 1. The number of rotatable bonds is 8. The molecule has 8 nitrogen and oxygen atoms in total. The molecule has 3 aromatic rings. The van der Waals surface area contributed by atoms with Gasteiger partial charge in [0, 0.05) is 66.0 Å². The van der Waals surface area contributed by atoms with Gasteiger partial charge >= 0.3 is 5.97 Å². The van der Waals surface area contributed by atoms with Gasteiger partial charge in [0.1, 0.15) is 5.01 Å². The fourth-order valence-corrected chi connectivity index (χ4v) is 5.85. The molecule has 2 aromatic heterocycles. The molecule has 0 saturated carbocycles. The van der Waals surface area contributed by atoms with E-state index in [1.54, 1.807) is 17.5 Å². The number of aromatic amines is 1. The summed E-state index contributed by atoms with van der Waals surface area (Å²) in [5, 5.41) is 5.79. The van der Waals surface area contributed by atoms with Crippen molar-refractivity contribution in [2.45, 2.75) is 26.7 Å². The van der Waals surface area contributed by atoms with Crippen LogP contribution >= 0.6 is 11.3 Å². The van der Waals surface area contributed by atoms with Crippen molar-refractivity contribution in [2.24, 2.45) is 0 Å². The summed E-state index contributed by atoms with van der Waals surface area (Å²) >= 11 is 1.54. The molecule has 0 atom stereocenters. The Morgan fingerprint density at radius 3 is 2.78 bits per heavy atom. The first-order chi connectivity index (χ1) is 18.0. The van der Waals surface area contributed by atoms with E-state index in [1.807, 2.05) is 43.5 Å². The minimum Gasteiger partial charge on any atom is -0.462 e. The average Bonchev–Trinajstić information content (AvgIpc) is 3.59. The van der Waals surface area contributed by atoms with E-state index in [2.05, 4.69) is 32.1 Å². The van der Waals surface area contributed by atoms with E-state index in [0.29, 0.717) is 24.2 Å². The minimum absolute atomic E-state index is 0.160. The van der Waals surface area contributed by atoms with Crippen LogP contribution in [0.15, 0.2) is 29.8 Å². The van der Waals surface area contributed by atoms with Crippen LogP contribution in [0, 0.1) is 6.92 Å². The van der Waals surface area contributed by atoms with Gasteiger partial charge in [-0.2, -0.15) is 0 Å². The number of hydrogen-bond donors (Lipinski definition) is 2. The molecule has 2 N–H and O–H groups in total. The number of hydrogen-bond acceptors (Lipinski definition) is 7. The maximum atomic E-state index is 13.1. The number of carbonyl (C=O) groups excluding carboxylic acids is 2. The molecule has 4 heterocycles. The fraction of sp³-hybridized carbons (Fsp3) is 0.393. The van der Waals surface area contributed by atoms with E-state index >= 15 is 0 Å². The molecule has 2 aliphatic heterocycles. The number of carbonyl (C=O) groups is 2. The van der Waals surface area contributed by atoms with Gasteiger partial charge in [-0.15, -0.1) is 11.3 Å². The molecule has 2 aliphatic rings. The topological polar surface area (TPSA) is 90.6 Å². The van der Waals surface area contributed by atoms with Crippen LogP contribution in [0.4, 0.5) is 5.69 Å². The van der Waals surface area contributed by atoms with Crippen molar-refractivity contribution >= 4 is 40.5 Å². The lowest BCUT2D eigenvalue weighted by molar-refractivity contribution is -0.110. The summed E-state index contributed by atoms with van der Waals surface area (Å²) in [5.74, 6) is -0.484. The van der Waals surface area contributed by atoms with Crippen molar-refractivity contribution < 1.29 is 14.3 Å². The number of likely N-dealkylation sites (N-methyl/N-ethyl adjacent to an activating group) is 1. The average molecular weight is 520 g/mol. The maximum absolute atomic E-state index is 13.1. The Morgan fingerprint density at radius 2 is 2.05 bits per heavy atom. The van der Waals surface area contributed by atoms with Gasteiger partial charge in [0.15, 0.2) is 0 Å². The highest BCUT2D eigenvalue weighted by atomic mass is 32.1. The summed E-state index contributed by atoms with van der Waals surface area (Å²) in [7, 11) is 2.16. The second-order valence-corrected chi connectivity index (χ2v) is 10.5. The maximum Gasteiger partial charge on any atom is 0.340 e. The van der Waals surface area contributed by atoms with Crippen molar-refractivity contribution in [2.75, 3.05) is 51.7 Å². The highest BCUT2D eigenvalue weighted by Crippen LogP contribution is 2.41. The highest BCUT2D eigenvalue weighted by molar-refractivity contribution is 7.13. The van der Waals surface area contributed by atoms with E-state index in [1.165, 1.54) is 0 Å². The molecule has 0 unspecified atom stereocenters. The van der Waals surface area contributed by atoms with Crippen LogP contribution in [-0.2, 0) is 16.0 Å². The molecule has 5 rings (SSSR count). The van der Waals surface area contributed by atoms with Crippen LogP contribution in [0.2, 0.25) is 0 Å². The Kier molecular flexibility index (Phi) is 7.55. The van der Waals surface area contributed by atoms with Gasteiger partial charge in [-0.25, -0.2) is 9.78 Å². The SMILES string of the molecule is CCOC(=O)c1c(C)[nH]c(/C=C2\C(=O)Nc3cccc(-c4nccs4)c32)c1CCCN1CCN(C)CC1. The largest absolute Gasteiger partial charge is 0.462 e. The number of aryl methyl sites for hydroxylation is 1. The second kappa shape index (κ2) is 11.0. The molecule has 0 radical (unpaired) electrons. The Morgan fingerprint density at radius 1 is 1.24 bits per heavy atom. The van der Waals surface area contributed by atoms with Crippen LogP contribution in [-0.4, -0.2) is 78.0 Å². The standard InChI is InChI=1S/C28H33N5O3S/c1-4-36-28(35)24-18(2)30-23(19(24)8-6-11-33-14-12-32(3)13-15-33)17-21-25-20(27-29-10-16-37-27)7-5-9-22(25)31-26(21)34/h5,7,9-10,16-17,30H,4,6,8,11-15H2,1-3H3,(H,31,34)/b21-17-. The van der Waals surface area contributed by atoms with Crippen LogP contribution in [0.5, 0.6) is 0 Å². The summed E-state index contributed by atoms with van der Waals surface area (Å²) in [5.41, 5.74) is 6.13. The molecule has 194 valence electrons. The number of nitrogens with one attached hydrogen (secondary N) is 2. The molecular formula is C28H33N5O3S. The first-order valence-electron chi connectivity index (χ1n) is 12.8. The van der Waals surface area contributed by atoms with E-state index < -0.39 is 0 Å². The minimum atomic E-state index is -0.324. The molecule has 37 heavy (non-hydrogen) atoms. The predicted molar refractivity (Wildman–Crippen MR) is 148 cm³/mol. The Labute approximate surface area is 221 Å². The van der Waals surface area contributed by atoms with Gasteiger partial charge < -0.3 is 24.8 Å². The zero-order chi connectivity index (χ0) is 25.9. The normalized spacial score (nSPS) is 17.3. The third-order valence-corrected chi connectivity index (χ3v) is 7.89. The number of amides is 1. The zero-order valence-electron chi connectivity index (χ0n) is 21.6. The highest BCUT2D eigenvalue weighted by Gasteiger charge is 2.30. The van der Waals surface area contributed by atoms with Gasteiger partial charge in [0.05, 0.1) is 17.7 Å². The van der Waals surface area contributed by atoms with Crippen molar-refractivity contribution in [3.63, 3.8) is 0 Å². The number of aromatic nitrogens is 2. The lowest BCUT2D eigenvalue weighted by Crippen LogP contribution is -2.44. The quantitative estimate of drug-likeness (QED) is 0.341. The van der Waals surface area contributed by atoms with E-state index in [0.717, 1.165) is 77.9 Å². The Bertz CT molecular complexity index is 1320. The summed E-state index contributed by atoms with van der Waals surface area (Å²) < 4.78 is 5.40. The van der Waals surface area contributed by atoms with Crippen molar-refractivity contribution in [1.29, 1.82) is 0 Å². The molecule has 1 amide bonds. The van der Waals surface area contributed by atoms with Gasteiger partial charge in [-0.1, -0.05) is 12.1 Å². The molecule has 1 saturated heterocycles. The molecule has 0 aliphatic carbocycles. The van der Waals surface area contributed by atoms with E-state index in [9.17, 15) is 9.59 Å². The first-order valence-corrected chi connectivity index (χ1v) is 13.7. The van der Waals surface area contributed by atoms with Crippen LogP contribution in [0.3, 0.4) is 0 Å². The monoisotopic (exact) mass is 519 g/mol. The zero-order valence-corrected chi connectivity index (χ0v) is 22.4. The molecule has 0 bridgehead atoms. The number of esters is 1. The van der Waals surface area contributed by atoms with Crippen LogP contribution < -0.4 is 5.32 Å². The third kappa shape index (κ3) is 5.25. The van der Waals surface area contributed by atoms with Crippen LogP contribution in [0.25, 0.3) is 22.2 Å². The number of nitrogens with zero attached hydrogens (tertiary/aromatic N) is 3. The molecule has 1 aromatic carbocycles. The first kappa shape index (κ1) is 25.4. The fourth-order valence-electron chi connectivity index (χ4n) is 5.18.